The Bertz CT molecular complexity index is 924. The molecule has 144 valence electrons. The van der Waals surface area contributed by atoms with Crippen molar-refractivity contribution in [2.45, 2.75) is 32.2 Å². The van der Waals surface area contributed by atoms with Gasteiger partial charge in [0, 0.05) is 23.7 Å². The number of pyridine rings is 1. The summed E-state index contributed by atoms with van der Waals surface area (Å²) in [7, 11) is 0. The molecule has 4 rings (SSSR count). The summed E-state index contributed by atoms with van der Waals surface area (Å²) in [5, 5.41) is 5.39. The number of rotatable bonds is 6. The van der Waals surface area contributed by atoms with Crippen LogP contribution in [0.25, 0.3) is 0 Å². The minimum absolute atomic E-state index is 0.0161. The Balaban J connectivity index is 1.43. The first-order valence-corrected chi connectivity index (χ1v) is 10.5. The molecule has 0 radical (unpaired) electrons. The van der Waals surface area contributed by atoms with Crippen LogP contribution in [0, 0.1) is 6.92 Å². The number of hydrogen-bond acceptors (Lipinski definition) is 5. The highest BCUT2D eigenvalue weighted by Crippen LogP contribution is 2.30. The van der Waals surface area contributed by atoms with Crippen LogP contribution in [0.2, 0.25) is 0 Å². The lowest BCUT2D eigenvalue weighted by atomic mass is 10.1. The van der Waals surface area contributed by atoms with Crippen molar-refractivity contribution in [2.75, 3.05) is 18.4 Å². The molecule has 1 aromatic carbocycles. The molecule has 2 aromatic heterocycles. The highest BCUT2D eigenvalue weighted by Gasteiger charge is 2.28. The van der Waals surface area contributed by atoms with Gasteiger partial charge in [0.25, 0.3) is 0 Å². The molecule has 0 saturated carbocycles. The van der Waals surface area contributed by atoms with Crippen LogP contribution in [0.1, 0.15) is 41.4 Å². The van der Waals surface area contributed by atoms with Crippen molar-refractivity contribution in [3.05, 3.63) is 76.6 Å². The summed E-state index contributed by atoms with van der Waals surface area (Å²) in [4.78, 5) is 23.6. The Morgan fingerprint density at radius 2 is 2.11 bits per heavy atom. The maximum Gasteiger partial charge on any atom is 0.240 e. The van der Waals surface area contributed by atoms with Crippen LogP contribution < -0.4 is 5.32 Å². The minimum Gasteiger partial charge on any atom is -0.301 e. The molecule has 1 N–H and O–H groups in total. The van der Waals surface area contributed by atoms with Gasteiger partial charge in [0.05, 0.1) is 18.3 Å². The largest absolute Gasteiger partial charge is 0.301 e. The molecule has 1 aliphatic heterocycles. The highest BCUT2D eigenvalue weighted by molar-refractivity contribution is 7.13. The number of likely N-dealkylation sites (tertiary alicyclic amines) is 1. The molecule has 1 amide bonds. The first-order chi connectivity index (χ1) is 13.7. The fourth-order valence-electron chi connectivity index (χ4n) is 3.68. The number of thiazole rings is 1. The minimum atomic E-state index is -0.0161. The van der Waals surface area contributed by atoms with Gasteiger partial charge in [-0.1, -0.05) is 35.9 Å². The van der Waals surface area contributed by atoms with Crippen LogP contribution in [0.15, 0.2) is 54.0 Å². The van der Waals surface area contributed by atoms with Gasteiger partial charge >= 0.3 is 0 Å². The summed E-state index contributed by atoms with van der Waals surface area (Å²) < 4.78 is 0. The number of amides is 1. The van der Waals surface area contributed by atoms with Crippen molar-refractivity contribution >= 4 is 22.4 Å². The van der Waals surface area contributed by atoms with Gasteiger partial charge in [-0.25, -0.2) is 4.98 Å². The lowest BCUT2D eigenvalue weighted by molar-refractivity contribution is -0.117. The van der Waals surface area contributed by atoms with Crippen molar-refractivity contribution in [3.8, 4) is 0 Å². The fourth-order valence-corrected chi connectivity index (χ4v) is 4.22. The quantitative estimate of drug-likeness (QED) is 0.683. The fraction of sp³-hybridized carbons (Fsp3) is 0.318. The zero-order valence-electron chi connectivity index (χ0n) is 16.0. The average molecular weight is 393 g/mol. The summed E-state index contributed by atoms with van der Waals surface area (Å²) in [6, 6.07) is 15.0. The Kier molecular flexibility index (Phi) is 5.78. The SMILES string of the molecule is Cc1ccc(Cc2cccc(C3CCCN3CC(=O)Nc3nccs3)n2)cc1. The van der Waals surface area contributed by atoms with Gasteiger partial charge in [-0.3, -0.25) is 14.7 Å². The van der Waals surface area contributed by atoms with E-state index in [0.29, 0.717) is 11.7 Å². The lowest BCUT2D eigenvalue weighted by Gasteiger charge is -2.23. The number of benzene rings is 1. The Morgan fingerprint density at radius 3 is 2.89 bits per heavy atom. The molecule has 0 bridgehead atoms. The molecule has 0 spiro atoms. The molecular weight excluding hydrogens is 368 g/mol. The summed E-state index contributed by atoms with van der Waals surface area (Å²) in [5.41, 5.74) is 4.66. The van der Waals surface area contributed by atoms with E-state index in [2.05, 4.69) is 64.6 Å². The molecule has 0 aliphatic carbocycles. The van der Waals surface area contributed by atoms with Gasteiger partial charge in [0.1, 0.15) is 0 Å². The maximum atomic E-state index is 12.4. The van der Waals surface area contributed by atoms with E-state index in [1.54, 1.807) is 6.20 Å². The van der Waals surface area contributed by atoms with Gasteiger partial charge in [-0.05, 0) is 44.0 Å². The van der Waals surface area contributed by atoms with Gasteiger partial charge in [-0.2, -0.15) is 0 Å². The van der Waals surface area contributed by atoms with Crippen LogP contribution in [-0.4, -0.2) is 33.9 Å². The van der Waals surface area contributed by atoms with Gasteiger partial charge < -0.3 is 5.32 Å². The summed E-state index contributed by atoms with van der Waals surface area (Å²) in [5.74, 6) is -0.0161. The Hall–Kier alpha value is -2.57. The third-order valence-electron chi connectivity index (χ3n) is 5.06. The molecule has 1 saturated heterocycles. The number of aromatic nitrogens is 2. The van der Waals surface area contributed by atoms with E-state index in [0.717, 1.165) is 37.2 Å². The number of nitrogens with one attached hydrogen (secondary N) is 1. The summed E-state index contributed by atoms with van der Waals surface area (Å²) in [6.45, 7) is 3.38. The average Bonchev–Trinajstić information content (AvgIpc) is 3.36. The maximum absolute atomic E-state index is 12.4. The molecular formula is C22H24N4OS. The van der Waals surface area contributed by atoms with Crippen molar-refractivity contribution in [1.29, 1.82) is 0 Å². The zero-order chi connectivity index (χ0) is 19.3. The zero-order valence-corrected chi connectivity index (χ0v) is 16.8. The topological polar surface area (TPSA) is 58.1 Å². The first kappa shape index (κ1) is 18.8. The second-order valence-electron chi connectivity index (χ2n) is 7.23. The van der Waals surface area contributed by atoms with E-state index in [1.807, 2.05) is 5.38 Å². The molecule has 28 heavy (non-hydrogen) atoms. The van der Waals surface area contributed by atoms with E-state index in [4.69, 9.17) is 4.98 Å². The highest BCUT2D eigenvalue weighted by atomic mass is 32.1. The number of aryl methyl sites for hydroxylation is 1. The first-order valence-electron chi connectivity index (χ1n) is 9.62. The molecule has 3 aromatic rings. The molecule has 1 atom stereocenters. The predicted molar refractivity (Wildman–Crippen MR) is 113 cm³/mol. The number of anilines is 1. The molecule has 1 unspecified atom stereocenters. The Morgan fingerprint density at radius 1 is 1.25 bits per heavy atom. The van der Waals surface area contributed by atoms with Crippen molar-refractivity contribution in [2.24, 2.45) is 0 Å². The van der Waals surface area contributed by atoms with Gasteiger partial charge in [-0.15, -0.1) is 11.3 Å². The van der Waals surface area contributed by atoms with Crippen molar-refractivity contribution < 1.29 is 4.79 Å². The van der Waals surface area contributed by atoms with Crippen molar-refractivity contribution in [1.82, 2.24) is 14.9 Å². The third kappa shape index (κ3) is 4.64. The predicted octanol–water partition coefficient (Wildman–Crippen LogP) is 4.21. The van der Waals surface area contributed by atoms with Crippen LogP contribution in [0.5, 0.6) is 0 Å². The molecule has 5 nitrogen and oxygen atoms in total. The van der Waals surface area contributed by atoms with E-state index < -0.39 is 0 Å². The molecule has 1 aliphatic rings. The third-order valence-corrected chi connectivity index (χ3v) is 5.75. The number of carbonyl (C=O) groups is 1. The van der Waals surface area contributed by atoms with E-state index in [-0.39, 0.29) is 11.9 Å². The lowest BCUT2D eigenvalue weighted by Crippen LogP contribution is -2.33. The molecule has 6 heteroatoms. The monoisotopic (exact) mass is 392 g/mol. The van der Waals surface area contributed by atoms with E-state index in [9.17, 15) is 4.79 Å². The molecule has 3 heterocycles. The summed E-state index contributed by atoms with van der Waals surface area (Å²) in [6.07, 6.45) is 4.64. The van der Waals surface area contributed by atoms with Crippen LogP contribution in [-0.2, 0) is 11.2 Å². The standard InChI is InChI=1S/C22H24N4OS/c1-16-7-9-17(10-8-16)14-18-4-2-5-19(24-18)20-6-3-12-26(20)15-21(27)25-22-23-11-13-28-22/h2,4-5,7-11,13,20H,3,6,12,14-15H2,1H3,(H,23,25,27). The second kappa shape index (κ2) is 8.63. The summed E-state index contributed by atoms with van der Waals surface area (Å²) >= 11 is 1.44. The van der Waals surface area contributed by atoms with Gasteiger partial charge in [0.15, 0.2) is 5.13 Å². The number of hydrogen-bond donors (Lipinski definition) is 1. The van der Waals surface area contributed by atoms with E-state index in [1.165, 1.54) is 22.5 Å². The van der Waals surface area contributed by atoms with Gasteiger partial charge in [0.2, 0.25) is 5.91 Å². The number of carbonyl (C=O) groups excluding carboxylic acids is 1. The van der Waals surface area contributed by atoms with Crippen LogP contribution >= 0.6 is 11.3 Å². The van der Waals surface area contributed by atoms with Crippen LogP contribution in [0.4, 0.5) is 5.13 Å². The van der Waals surface area contributed by atoms with Crippen molar-refractivity contribution in [3.63, 3.8) is 0 Å². The Labute approximate surface area is 169 Å². The second-order valence-corrected chi connectivity index (χ2v) is 8.12. The normalized spacial score (nSPS) is 17.0. The number of nitrogens with zero attached hydrogens (tertiary/aromatic N) is 3. The molecule has 1 fully saturated rings. The van der Waals surface area contributed by atoms with Crippen LogP contribution in [0.3, 0.4) is 0 Å². The van der Waals surface area contributed by atoms with E-state index >= 15 is 0 Å². The smallest absolute Gasteiger partial charge is 0.240 e.